The highest BCUT2D eigenvalue weighted by Crippen LogP contribution is 2.12. The quantitative estimate of drug-likeness (QED) is 0.132. The highest BCUT2D eigenvalue weighted by atomic mass is 16.4. The Hall–Kier alpha value is -1.32. The molecule has 0 unspecified atom stereocenters. The van der Waals surface area contributed by atoms with Crippen molar-refractivity contribution in [3.8, 4) is 0 Å². The van der Waals surface area contributed by atoms with Gasteiger partial charge in [-0.15, -0.1) is 0 Å². The number of hydrogen-bond acceptors (Lipinski definition) is 2. The first kappa shape index (κ1) is 28.7. The Balaban J connectivity index is 3.18. The van der Waals surface area contributed by atoms with Crippen LogP contribution in [0.15, 0.2) is 12.2 Å². The summed E-state index contributed by atoms with van der Waals surface area (Å²) in [5, 5.41) is 11.3. The van der Waals surface area contributed by atoms with Crippen molar-refractivity contribution in [2.45, 2.75) is 135 Å². The van der Waals surface area contributed by atoms with Gasteiger partial charge in [-0.3, -0.25) is 9.59 Å². The first-order valence-electron chi connectivity index (χ1n) is 12.8. The van der Waals surface area contributed by atoms with Gasteiger partial charge in [-0.2, -0.15) is 0 Å². The molecule has 0 aromatic heterocycles. The van der Waals surface area contributed by atoms with Crippen LogP contribution >= 0.6 is 0 Å². The Morgan fingerprint density at radius 1 is 0.633 bits per heavy atom. The minimum Gasteiger partial charge on any atom is -0.481 e. The van der Waals surface area contributed by atoms with E-state index in [0.717, 1.165) is 12.8 Å². The SMILES string of the molecule is CCCCCCCCC=CCCCCCCCCCCCC(=O)NCCCC(=O)O. The Morgan fingerprint density at radius 3 is 1.60 bits per heavy atom. The van der Waals surface area contributed by atoms with Crippen LogP contribution in [0.3, 0.4) is 0 Å². The molecule has 0 aromatic carbocycles. The van der Waals surface area contributed by atoms with Gasteiger partial charge in [0.1, 0.15) is 0 Å². The molecule has 2 N–H and O–H groups in total. The van der Waals surface area contributed by atoms with E-state index in [9.17, 15) is 9.59 Å². The third-order valence-electron chi connectivity index (χ3n) is 5.56. The monoisotopic (exact) mass is 423 g/mol. The maximum Gasteiger partial charge on any atom is 0.303 e. The molecule has 0 saturated carbocycles. The van der Waals surface area contributed by atoms with Gasteiger partial charge in [0.2, 0.25) is 5.91 Å². The lowest BCUT2D eigenvalue weighted by Gasteiger charge is -2.04. The summed E-state index contributed by atoms with van der Waals surface area (Å²) in [5.41, 5.74) is 0. The topological polar surface area (TPSA) is 66.4 Å². The van der Waals surface area contributed by atoms with E-state index >= 15 is 0 Å². The summed E-state index contributed by atoms with van der Waals surface area (Å²) < 4.78 is 0. The Bertz CT molecular complexity index is 421. The van der Waals surface area contributed by atoms with Gasteiger partial charge in [0.05, 0.1) is 0 Å². The predicted octanol–water partition coefficient (Wildman–Crippen LogP) is 7.57. The van der Waals surface area contributed by atoms with Crippen LogP contribution in [0.1, 0.15) is 135 Å². The second-order valence-electron chi connectivity index (χ2n) is 8.60. The Kier molecular flexibility index (Phi) is 22.9. The Morgan fingerprint density at radius 2 is 1.10 bits per heavy atom. The van der Waals surface area contributed by atoms with Gasteiger partial charge in [0.15, 0.2) is 0 Å². The van der Waals surface area contributed by atoms with Crippen LogP contribution < -0.4 is 5.32 Å². The number of unbranched alkanes of at least 4 members (excludes halogenated alkanes) is 15. The first-order chi connectivity index (χ1) is 14.7. The van der Waals surface area contributed by atoms with Crippen LogP contribution in [0.25, 0.3) is 0 Å². The van der Waals surface area contributed by atoms with Crippen molar-refractivity contribution >= 4 is 11.9 Å². The molecule has 0 bridgehead atoms. The number of rotatable bonds is 23. The summed E-state index contributed by atoms with van der Waals surface area (Å²) in [5.74, 6) is -0.749. The highest BCUT2D eigenvalue weighted by Gasteiger charge is 2.02. The lowest BCUT2D eigenvalue weighted by atomic mass is 10.1. The fraction of sp³-hybridized carbons (Fsp3) is 0.846. The van der Waals surface area contributed by atoms with Crippen LogP contribution in [-0.4, -0.2) is 23.5 Å². The van der Waals surface area contributed by atoms with Crippen molar-refractivity contribution in [2.75, 3.05) is 6.54 Å². The molecule has 1 amide bonds. The molecular weight excluding hydrogens is 374 g/mol. The number of nitrogens with one attached hydrogen (secondary N) is 1. The summed E-state index contributed by atoms with van der Waals surface area (Å²) in [4.78, 5) is 22.0. The summed E-state index contributed by atoms with van der Waals surface area (Å²) in [6.07, 6.45) is 28.0. The van der Waals surface area contributed by atoms with Gasteiger partial charge in [-0.25, -0.2) is 0 Å². The van der Waals surface area contributed by atoms with Crippen LogP contribution in [0.5, 0.6) is 0 Å². The van der Waals surface area contributed by atoms with Crippen molar-refractivity contribution in [3.63, 3.8) is 0 Å². The second-order valence-corrected chi connectivity index (χ2v) is 8.60. The van der Waals surface area contributed by atoms with Gasteiger partial charge in [0, 0.05) is 19.4 Å². The highest BCUT2D eigenvalue weighted by molar-refractivity contribution is 5.75. The molecule has 0 aliphatic rings. The summed E-state index contributed by atoms with van der Waals surface area (Å²) in [7, 11) is 0. The molecule has 0 fully saturated rings. The van der Waals surface area contributed by atoms with Gasteiger partial charge in [0.25, 0.3) is 0 Å². The van der Waals surface area contributed by atoms with E-state index in [1.165, 1.54) is 96.3 Å². The first-order valence-corrected chi connectivity index (χ1v) is 12.8. The standard InChI is InChI=1S/C26H49NO3/c1-2-3-4-5-6-7-8-9-10-11-12-13-14-15-16-17-18-19-20-22-25(28)27-24-21-23-26(29)30/h9-10H,2-8,11-24H2,1H3,(H,27,28)(H,29,30). The van der Waals surface area contributed by atoms with Crippen LogP contribution in [0.4, 0.5) is 0 Å². The molecule has 0 aliphatic carbocycles. The number of carboxylic acid groups (broad SMARTS) is 1. The second kappa shape index (κ2) is 24.0. The third kappa shape index (κ3) is 24.7. The van der Waals surface area contributed by atoms with Crippen molar-refractivity contribution < 1.29 is 14.7 Å². The lowest BCUT2D eigenvalue weighted by molar-refractivity contribution is -0.137. The van der Waals surface area contributed by atoms with Crippen molar-refractivity contribution in [2.24, 2.45) is 0 Å². The number of amides is 1. The molecule has 0 radical (unpaired) electrons. The molecule has 4 heteroatoms. The van der Waals surface area contributed by atoms with Crippen molar-refractivity contribution in [3.05, 3.63) is 12.2 Å². The molecular formula is C26H49NO3. The molecule has 0 heterocycles. The zero-order chi connectivity index (χ0) is 22.1. The molecule has 0 spiro atoms. The van der Waals surface area contributed by atoms with E-state index < -0.39 is 5.97 Å². The van der Waals surface area contributed by atoms with Crippen LogP contribution in [0.2, 0.25) is 0 Å². The van der Waals surface area contributed by atoms with Crippen molar-refractivity contribution in [1.29, 1.82) is 0 Å². The van der Waals surface area contributed by atoms with Gasteiger partial charge >= 0.3 is 5.97 Å². The van der Waals surface area contributed by atoms with E-state index in [4.69, 9.17) is 5.11 Å². The average Bonchev–Trinajstić information content (AvgIpc) is 2.72. The molecule has 0 atom stereocenters. The van der Waals surface area contributed by atoms with Crippen molar-refractivity contribution in [1.82, 2.24) is 5.32 Å². The largest absolute Gasteiger partial charge is 0.481 e. The summed E-state index contributed by atoms with van der Waals surface area (Å²) in [6, 6.07) is 0. The number of hydrogen-bond donors (Lipinski definition) is 2. The molecule has 176 valence electrons. The molecule has 0 aliphatic heterocycles. The molecule has 0 aromatic rings. The molecule has 0 rings (SSSR count). The molecule has 4 nitrogen and oxygen atoms in total. The summed E-state index contributed by atoms with van der Waals surface area (Å²) in [6.45, 7) is 2.74. The van der Waals surface area contributed by atoms with E-state index in [2.05, 4.69) is 24.4 Å². The maximum absolute atomic E-state index is 11.6. The average molecular weight is 424 g/mol. The predicted molar refractivity (Wildman–Crippen MR) is 128 cm³/mol. The molecule has 0 saturated heterocycles. The minimum atomic E-state index is -0.806. The zero-order valence-corrected chi connectivity index (χ0v) is 19.8. The lowest BCUT2D eigenvalue weighted by Crippen LogP contribution is -2.24. The third-order valence-corrected chi connectivity index (χ3v) is 5.56. The smallest absolute Gasteiger partial charge is 0.303 e. The normalized spacial score (nSPS) is 11.2. The van der Waals surface area contributed by atoms with Crippen LogP contribution in [-0.2, 0) is 9.59 Å². The minimum absolute atomic E-state index is 0.0569. The van der Waals surface area contributed by atoms with Crippen LogP contribution in [0, 0.1) is 0 Å². The fourth-order valence-corrected chi connectivity index (χ4v) is 3.62. The zero-order valence-electron chi connectivity index (χ0n) is 19.8. The summed E-state index contributed by atoms with van der Waals surface area (Å²) >= 11 is 0. The van der Waals surface area contributed by atoms with E-state index in [0.29, 0.717) is 19.4 Å². The van der Waals surface area contributed by atoms with E-state index in [1.54, 1.807) is 0 Å². The van der Waals surface area contributed by atoms with Gasteiger partial charge in [-0.1, -0.05) is 96.1 Å². The number of carbonyl (C=O) groups is 2. The number of carboxylic acids is 1. The number of allylic oxidation sites excluding steroid dienone is 2. The number of carbonyl (C=O) groups excluding carboxylic acids is 1. The van der Waals surface area contributed by atoms with Gasteiger partial charge < -0.3 is 10.4 Å². The number of aliphatic carboxylic acids is 1. The van der Waals surface area contributed by atoms with E-state index in [1.807, 2.05) is 0 Å². The Labute approximate surface area is 186 Å². The molecule has 30 heavy (non-hydrogen) atoms. The van der Waals surface area contributed by atoms with Gasteiger partial charge in [-0.05, 0) is 38.5 Å². The van der Waals surface area contributed by atoms with E-state index in [-0.39, 0.29) is 12.3 Å². The fourth-order valence-electron chi connectivity index (χ4n) is 3.62. The maximum atomic E-state index is 11.6.